The van der Waals surface area contributed by atoms with Crippen LogP contribution in [0.4, 0.5) is 8.78 Å². The van der Waals surface area contributed by atoms with Crippen LogP contribution in [0.25, 0.3) is 0 Å². The second kappa shape index (κ2) is 6.55. The number of halogens is 2. The summed E-state index contributed by atoms with van der Waals surface area (Å²) < 4.78 is 23.8. The van der Waals surface area contributed by atoms with Gasteiger partial charge < -0.3 is 16.0 Å². The van der Waals surface area contributed by atoms with Gasteiger partial charge in [-0.3, -0.25) is 4.90 Å². The zero-order valence-electron chi connectivity index (χ0n) is 7.03. The van der Waals surface area contributed by atoms with E-state index in [9.17, 15) is 8.78 Å². The normalized spacial score (nSPS) is 12.8. The van der Waals surface area contributed by atoms with Crippen LogP contribution in [0.1, 0.15) is 0 Å². The maximum absolute atomic E-state index is 11.9. The number of alkyl halides is 2. The van der Waals surface area contributed by atoms with Crippen LogP contribution in [-0.4, -0.2) is 53.7 Å². The molecule has 0 atom stereocenters. The lowest BCUT2D eigenvalue weighted by atomic mass is 10.4. The minimum Gasteiger partial charge on any atom is -0.409 e. The summed E-state index contributed by atoms with van der Waals surface area (Å²) in [5.74, 6) is -0.158. The van der Waals surface area contributed by atoms with Crippen LogP contribution in [0.2, 0.25) is 0 Å². The lowest BCUT2D eigenvalue weighted by Crippen LogP contribution is -2.38. The molecule has 13 heavy (non-hydrogen) atoms. The van der Waals surface area contributed by atoms with Crippen LogP contribution in [0.15, 0.2) is 5.16 Å². The Bertz CT molecular complexity index is 166. The zero-order chi connectivity index (χ0) is 10.3. The van der Waals surface area contributed by atoms with Crippen LogP contribution >= 0.6 is 0 Å². The van der Waals surface area contributed by atoms with Crippen molar-refractivity contribution in [3.8, 4) is 0 Å². The lowest BCUT2D eigenvalue weighted by molar-refractivity contribution is 0.0858. The number of aliphatic hydroxyl groups is 1. The fraction of sp³-hybridized carbons (Fsp3) is 0.833. The van der Waals surface area contributed by atoms with Gasteiger partial charge in [0.05, 0.1) is 19.7 Å². The SMILES string of the molecule is NC(CN(CCO)CC(F)F)=NO. The van der Waals surface area contributed by atoms with Crippen molar-refractivity contribution in [1.82, 2.24) is 4.90 Å². The van der Waals surface area contributed by atoms with Crippen molar-refractivity contribution in [1.29, 1.82) is 0 Å². The van der Waals surface area contributed by atoms with Gasteiger partial charge in [0, 0.05) is 6.54 Å². The molecule has 0 spiro atoms. The van der Waals surface area contributed by atoms with Crippen molar-refractivity contribution in [2.75, 3.05) is 26.2 Å². The first-order valence-electron chi connectivity index (χ1n) is 3.68. The molecule has 0 heterocycles. The topological polar surface area (TPSA) is 82.1 Å². The molecule has 0 saturated carbocycles. The van der Waals surface area contributed by atoms with Crippen molar-refractivity contribution < 1.29 is 19.1 Å². The highest BCUT2D eigenvalue weighted by molar-refractivity contribution is 5.81. The van der Waals surface area contributed by atoms with Gasteiger partial charge in [-0.2, -0.15) is 0 Å². The highest BCUT2D eigenvalue weighted by Gasteiger charge is 2.12. The number of aliphatic hydroxyl groups excluding tert-OH is 1. The van der Waals surface area contributed by atoms with Gasteiger partial charge in [0.2, 0.25) is 0 Å². The molecule has 0 aliphatic rings. The maximum atomic E-state index is 11.9. The molecule has 0 aromatic carbocycles. The Morgan fingerprint density at radius 1 is 1.54 bits per heavy atom. The Kier molecular flexibility index (Phi) is 6.07. The summed E-state index contributed by atoms with van der Waals surface area (Å²) in [6.07, 6.45) is -2.50. The van der Waals surface area contributed by atoms with Crippen LogP contribution in [-0.2, 0) is 0 Å². The Morgan fingerprint density at radius 2 is 2.15 bits per heavy atom. The molecule has 0 aliphatic carbocycles. The molecular formula is C6H13F2N3O2. The van der Waals surface area contributed by atoms with Gasteiger partial charge in [0.25, 0.3) is 6.43 Å². The van der Waals surface area contributed by atoms with Gasteiger partial charge in [-0.05, 0) is 0 Å². The summed E-state index contributed by atoms with van der Waals surface area (Å²) >= 11 is 0. The minimum absolute atomic E-state index is 0.0700. The summed E-state index contributed by atoms with van der Waals surface area (Å²) in [6, 6.07) is 0. The standard InChI is InChI=1S/C6H13F2N3O2/c7-5(8)3-11(1-2-12)4-6(9)10-13/h5,12-13H,1-4H2,(H2,9,10). The third-order valence-corrected chi connectivity index (χ3v) is 1.33. The summed E-state index contributed by atoms with van der Waals surface area (Å²) in [7, 11) is 0. The smallest absolute Gasteiger partial charge is 0.251 e. The Hall–Kier alpha value is -0.950. The number of amidine groups is 1. The molecule has 0 unspecified atom stereocenters. The van der Waals surface area contributed by atoms with E-state index in [2.05, 4.69) is 5.16 Å². The molecular weight excluding hydrogens is 184 g/mol. The van der Waals surface area contributed by atoms with Crippen molar-refractivity contribution in [3.63, 3.8) is 0 Å². The number of hydrogen-bond donors (Lipinski definition) is 3. The molecule has 0 saturated heterocycles. The quantitative estimate of drug-likeness (QED) is 0.227. The van der Waals surface area contributed by atoms with Crippen LogP contribution in [0.3, 0.4) is 0 Å². The predicted molar refractivity (Wildman–Crippen MR) is 42.9 cm³/mol. The van der Waals surface area contributed by atoms with Crippen molar-refractivity contribution in [3.05, 3.63) is 0 Å². The number of nitrogens with two attached hydrogens (primary N) is 1. The van der Waals surface area contributed by atoms with Gasteiger partial charge in [-0.1, -0.05) is 5.16 Å². The number of nitrogens with zero attached hydrogens (tertiary/aromatic N) is 2. The average Bonchev–Trinajstić information content (AvgIpc) is 2.03. The minimum atomic E-state index is -2.50. The molecule has 4 N–H and O–H groups in total. The number of oxime groups is 1. The van der Waals surface area contributed by atoms with E-state index in [1.807, 2.05) is 0 Å². The second-order valence-corrected chi connectivity index (χ2v) is 2.44. The molecule has 0 radical (unpaired) electrons. The van der Waals surface area contributed by atoms with Crippen molar-refractivity contribution in [2.45, 2.75) is 6.43 Å². The van der Waals surface area contributed by atoms with E-state index >= 15 is 0 Å². The van der Waals surface area contributed by atoms with E-state index in [0.717, 1.165) is 0 Å². The molecule has 0 bridgehead atoms. The number of hydrogen-bond acceptors (Lipinski definition) is 4. The molecule has 0 rings (SSSR count). The predicted octanol–water partition coefficient (Wildman–Crippen LogP) is -0.708. The van der Waals surface area contributed by atoms with E-state index in [-0.39, 0.29) is 25.5 Å². The molecule has 0 aliphatic heterocycles. The van der Waals surface area contributed by atoms with E-state index < -0.39 is 13.0 Å². The largest absolute Gasteiger partial charge is 0.409 e. The van der Waals surface area contributed by atoms with Crippen LogP contribution in [0.5, 0.6) is 0 Å². The fourth-order valence-electron chi connectivity index (χ4n) is 0.832. The average molecular weight is 197 g/mol. The molecule has 0 amide bonds. The Labute approximate surface area is 74.4 Å². The van der Waals surface area contributed by atoms with E-state index in [1.165, 1.54) is 4.90 Å². The van der Waals surface area contributed by atoms with Gasteiger partial charge >= 0.3 is 0 Å². The van der Waals surface area contributed by atoms with Gasteiger partial charge in [-0.15, -0.1) is 0 Å². The van der Waals surface area contributed by atoms with E-state index in [0.29, 0.717) is 0 Å². The third kappa shape index (κ3) is 6.23. The van der Waals surface area contributed by atoms with E-state index in [1.54, 1.807) is 0 Å². The number of rotatable bonds is 6. The van der Waals surface area contributed by atoms with Crippen molar-refractivity contribution in [2.24, 2.45) is 10.9 Å². The zero-order valence-corrected chi connectivity index (χ0v) is 7.03. The maximum Gasteiger partial charge on any atom is 0.251 e. The van der Waals surface area contributed by atoms with Gasteiger partial charge in [0.15, 0.2) is 5.84 Å². The first kappa shape index (κ1) is 12.0. The Morgan fingerprint density at radius 3 is 2.54 bits per heavy atom. The first-order chi connectivity index (χ1) is 6.10. The van der Waals surface area contributed by atoms with Gasteiger partial charge in [0.1, 0.15) is 0 Å². The summed E-state index contributed by atoms with van der Waals surface area (Å²) in [4.78, 5) is 1.19. The summed E-state index contributed by atoms with van der Waals surface area (Å²) in [5.41, 5.74) is 5.11. The monoisotopic (exact) mass is 197 g/mol. The molecule has 0 aromatic heterocycles. The molecule has 5 nitrogen and oxygen atoms in total. The van der Waals surface area contributed by atoms with Gasteiger partial charge in [-0.25, -0.2) is 8.78 Å². The summed E-state index contributed by atoms with van der Waals surface area (Å²) in [6.45, 7) is -0.760. The summed E-state index contributed by atoms with van der Waals surface area (Å²) in [5, 5.41) is 19.3. The van der Waals surface area contributed by atoms with Crippen LogP contribution in [0, 0.1) is 0 Å². The molecule has 78 valence electrons. The van der Waals surface area contributed by atoms with Crippen LogP contribution < -0.4 is 5.73 Å². The highest BCUT2D eigenvalue weighted by Crippen LogP contribution is 1.97. The fourth-order valence-corrected chi connectivity index (χ4v) is 0.832. The lowest BCUT2D eigenvalue weighted by Gasteiger charge is -2.19. The molecule has 0 aromatic rings. The molecule has 7 heteroatoms. The Balaban J connectivity index is 3.93. The van der Waals surface area contributed by atoms with E-state index in [4.69, 9.17) is 16.0 Å². The molecule has 0 fully saturated rings. The van der Waals surface area contributed by atoms with Crippen molar-refractivity contribution >= 4 is 5.84 Å². The first-order valence-corrected chi connectivity index (χ1v) is 3.68. The second-order valence-electron chi connectivity index (χ2n) is 2.44. The third-order valence-electron chi connectivity index (χ3n) is 1.33. The highest BCUT2D eigenvalue weighted by atomic mass is 19.3.